The molecule has 114 valence electrons. The van der Waals surface area contributed by atoms with Crippen molar-refractivity contribution in [2.45, 2.75) is 45.3 Å². The molecule has 1 saturated heterocycles. The molecule has 1 heterocycles. The fourth-order valence-corrected chi connectivity index (χ4v) is 2.09. The zero-order chi connectivity index (χ0) is 15.3. The molecule has 0 aliphatic carbocycles. The number of rotatable bonds is 8. The molecule has 0 spiro atoms. The van der Waals surface area contributed by atoms with E-state index in [4.69, 9.17) is 15.6 Å². The number of esters is 1. The lowest BCUT2D eigenvalue weighted by molar-refractivity contribution is -0.193. The van der Waals surface area contributed by atoms with Crippen LogP contribution in [-0.4, -0.2) is 41.6 Å². The number of carbonyl (C=O) groups excluding carboxylic acids is 2. The molecule has 0 aromatic rings. The van der Waals surface area contributed by atoms with Crippen LogP contribution in [-0.2, 0) is 19.1 Å². The molecule has 0 radical (unpaired) electrons. The van der Waals surface area contributed by atoms with Crippen molar-refractivity contribution in [2.24, 2.45) is 17.6 Å². The van der Waals surface area contributed by atoms with E-state index in [1.807, 2.05) is 13.8 Å². The van der Waals surface area contributed by atoms with E-state index in [-0.39, 0.29) is 30.1 Å². The summed E-state index contributed by atoms with van der Waals surface area (Å²) in [4.78, 5) is 33.7. The van der Waals surface area contributed by atoms with Gasteiger partial charge in [0.05, 0.1) is 0 Å². The first-order valence-corrected chi connectivity index (χ1v) is 6.85. The molecular weight excluding hydrogens is 264 g/mol. The maximum Gasteiger partial charge on any atom is 0.320 e. The zero-order valence-electron chi connectivity index (χ0n) is 11.8. The van der Waals surface area contributed by atoms with Crippen LogP contribution in [0.2, 0.25) is 0 Å². The van der Waals surface area contributed by atoms with Crippen LogP contribution in [0.1, 0.15) is 33.1 Å². The van der Waals surface area contributed by atoms with Gasteiger partial charge in [-0.15, -0.1) is 0 Å². The number of nitrogens with two attached hydrogens (primary N) is 1. The number of carboxylic acids is 1. The number of ether oxygens (including phenoxy) is 1. The fourth-order valence-electron chi connectivity index (χ4n) is 2.09. The number of hydrogen-bond acceptors (Lipinski definition) is 5. The first kappa shape index (κ1) is 16.4. The predicted octanol–water partition coefficient (Wildman–Crippen LogP) is -0.118. The van der Waals surface area contributed by atoms with E-state index in [0.29, 0.717) is 13.0 Å². The third kappa shape index (κ3) is 3.93. The summed E-state index contributed by atoms with van der Waals surface area (Å²) in [5.74, 6) is -1.97. The highest BCUT2D eigenvalue weighted by Gasteiger charge is 2.49. The topological polar surface area (TPSA) is 119 Å². The first-order valence-electron chi connectivity index (χ1n) is 6.85. The Kier molecular flexibility index (Phi) is 5.94. The van der Waals surface area contributed by atoms with Crippen molar-refractivity contribution in [1.82, 2.24) is 5.32 Å². The van der Waals surface area contributed by atoms with Gasteiger partial charge in [-0.1, -0.05) is 20.3 Å². The minimum atomic E-state index is -1.05. The van der Waals surface area contributed by atoms with Crippen LogP contribution in [0.25, 0.3) is 0 Å². The Morgan fingerprint density at radius 2 is 2.15 bits per heavy atom. The third-order valence-corrected chi connectivity index (χ3v) is 3.67. The molecule has 0 aromatic carbocycles. The molecule has 0 aromatic heterocycles. The molecule has 1 aliphatic rings. The standard InChI is InChI=1S/C13H22N2O5/c1-3-7(2)9-10(20-13(9)19)11(16)15-6-4-5-8(14)12(17)18/h7-10H,3-6,14H2,1-2H3,(H,15,16)(H,17,18)/t7-,8-,9-,10+/m0/s1. The second-order valence-electron chi connectivity index (χ2n) is 5.15. The Balaban J connectivity index is 2.30. The van der Waals surface area contributed by atoms with Gasteiger partial charge in [0.2, 0.25) is 0 Å². The third-order valence-electron chi connectivity index (χ3n) is 3.67. The number of aliphatic carboxylic acids is 1. The van der Waals surface area contributed by atoms with Crippen molar-refractivity contribution in [1.29, 1.82) is 0 Å². The zero-order valence-corrected chi connectivity index (χ0v) is 11.8. The van der Waals surface area contributed by atoms with E-state index in [2.05, 4.69) is 5.32 Å². The Labute approximate surface area is 117 Å². The number of amides is 1. The summed E-state index contributed by atoms with van der Waals surface area (Å²) in [6.07, 6.45) is 0.838. The molecule has 4 N–H and O–H groups in total. The van der Waals surface area contributed by atoms with Gasteiger partial charge in [-0.25, -0.2) is 0 Å². The van der Waals surface area contributed by atoms with Gasteiger partial charge in [-0.2, -0.15) is 0 Å². The molecule has 1 amide bonds. The quantitative estimate of drug-likeness (QED) is 0.423. The molecule has 0 bridgehead atoms. The number of hydrogen-bond donors (Lipinski definition) is 3. The minimum Gasteiger partial charge on any atom is -0.480 e. The highest BCUT2D eigenvalue weighted by atomic mass is 16.6. The number of carbonyl (C=O) groups is 3. The van der Waals surface area contributed by atoms with Crippen molar-refractivity contribution in [2.75, 3.05) is 6.54 Å². The van der Waals surface area contributed by atoms with E-state index >= 15 is 0 Å². The number of nitrogens with one attached hydrogen (secondary N) is 1. The Morgan fingerprint density at radius 3 is 2.65 bits per heavy atom. The summed E-state index contributed by atoms with van der Waals surface area (Å²) in [6.45, 7) is 4.19. The molecule has 4 atom stereocenters. The predicted molar refractivity (Wildman–Crippen MR) is 70.7 cm³/mol. The lowest BCUT2D eigenvalue weighted by atomic mass is 9.83. The van der Waals surface area contributed by atoms with Crippen LogP contribution in [0.15, 0.2) is 0 Å². The van der Waals surface area contributed by atoms with Crippen molar-refractivity contribution in [3.8, 4) is 0 Å². The van der Waals surface area contributed by atoms with Crippen LogP contribution >= 0.6 is 0 Å². The van der Waals surface area contributed by atoms with Crippen molar-refractivity contribution >= 4 is 17.8 Å². The first-order chi connectivity index (χ1) is 9.38. The van der Waals surface area contributed by atoms with Gasteiger partial charge in [-0.05, 0) is 18.8 Å². The Hall–Kier alpha value is -1.63. The molecule has 20 heavy (non-hydrogen) atoms. The minimum absolute atomic E-state index is 0.104. The van der Waals surface area contributed by atoms with Crippen molar-refractivity contribution in [3.63, 3.8) is 0 Å². The van der Waals surface area contributed by atoms with Gasteiger partial charge < -0.3 is 20.9 Å². The largest absolute Gasteiger partial charge is 0.480 e. The summed E-state index contributed by atoms with van der Waals surface area (Å²) in [7, 11) is 0. The fraction of sp³-hybridized carbons (Fsp3) is 0.769. The number of cyclic esters (lactones) is 1. The van der Waals surface area contributed by atoms with Gasteiger partial charge in [-0.3, -0.25) is 14.4 Å². The SMILES string of the molecule is CC[C@H](C)[C@@H]1C(=O)O[C@H]1C(=O)NCCC[C@H](N)C(=O)O. The average Bonchev–Trinajstić information content (AvgIpc) is 2.39. The lowest BCUT2D eigenvalue weighted by Crippen LogP contribution is -2.56. The summed E-state index contributed by atoms with van der Waals surface area (Å²) in [6, 6.07) is -0.915. The normalized spacial score (nSPS) is 24.2. The molecule has 7 heteroatoms. The van der Waals surface area contributed by atoms with E-state index in [0.717, 1.165) is 6.42 Å². The van der Waals surface area contributed by atoms with Gasteiger partial charge >= 0.3 is 11.9 Å². The average molecular weight is 286 g/mol. The van der Waals surface area contributed by atoms with E-state index in [1.54, 1.807) is 0 Å². The van der Waals surface area contributed by atoms with Gasteiger partial charge in [0, 0.05) is 6.54 Å². The molecule has 0 unspecified atom stereocenters. The number of carboxylic acid groups (broad SMARTS) is 1. The summed E-state index contributed by atoms with van der Waals surface area (Å²) >= 11 is 0. The Morgan fingerprint density at radius 1 is 1.50 bits per heavy atom. The molecule has 1 fully saturated rings. The van der Waals surface area contributed by atoms with Crippen molar-refractivity contribution < 1.29 is 24.2 Å². The van der Waals surface area contributed by atoms with Gasteiger partial charge in [0.25, 0.3) is 5.91 Å². The van der Waals surface area contributed by atoms with Crippen LogP contribution < -0.4 is 11.1 Å². The van der Waals surface area contributed by atoms with Crippen molar-refractivity contribution in [3.05, 3.63) is 0 Å². The molecule has 1 aliphatic heterocycles. The summed E-state index contributed by atoms with van der Waals surface area (Å²) in [5.41, 5.74) is 5.35. The van der Waals surface area contributed by atoms with Crippen LogP contribution in [0.3, 0.4) is 0 Å². The van der Waals surface area contributed by atoms with Gasteiger partial charge in [0.15, 0.2) is 6.10 Å². The maximum absolute atomic E-state index is 11.8. The molecule has 1 rings (SSSR count). The van der Waals surface area contributed by atoms with E-state index in [1.165, 1.54) is 0 Å². The van der Waals surface area contributed by atoms with Gasteiger partial charge in [0.1, 0.15) is 12.0 Å². The van der Waals surface area contributed by atoms with Crippen LogP contribution in [0.4, 0.5) is 0 Å². The molecule has 7 nitrogen and oxygen atoms in total. The Bertz CT molecular complexity index is 385. The monoisotopic (exact) mass is 286 g/mol. The summed E-state index contributed by atoms with van der Waals surface area (Å²) in [5, 5.41) is 11.3. The smallest absolute Gasteiger partial charge is 0.320 e. The van der Waals surface area contributed by atoms with E-state index < -0.39 is 18.1 Å². The lowest BCUT2D eigenvalue weighted by Gasteiger charge is -2.37. The second kappa shape index (κ2) is 7.23. The van der Waals surface area contributed by atoms with E-state index in [9.17, 15) is 14.4 Å². The van der Waals surface area contributed by atoms with Crippen LogP contribution in [0.5, 0.6) is 0 Å². The molecular formula is C13H22N2O5. The highest BCUT2D eigenvalue weighted by Crippen LogP contribution is 2.31. The summed E-state index contributed by atoms with van der Waals surface area (Å²) < 4.78 is 4.88. The maximum atomic E-state index is 11.8. The highest BCUT2D eigenvalue weighted by molar-refractivity contribution is 5.94. The van der Waals surface area contributed by atoms with Crippen LogP contribution in [0, 0.1) is 11.8 Å². The second-order valence-corrected chi connectivity index (χ2v) is 5.15. The molecule has 0 saturated carbocycles.